The third-order valence-corrected chi connectivity index (χ3v) is 4.59. The molecule has 1 saturated heterocycles. The molecule has 122 valence electrons. The number of fused-ring (bicyclic) bond motifs is 1. The fraction of sp³-hybridized carbons (Fsp3) is 0.444. The van der Waals surface area contributed by atoms with E-state index in [-0.39, 0.29) is 17.0 Å². The van der Waals surface area contributed by atoms with Crippen LogP contribution in [0.5, 0.6) is 0 Å². The molecule has 0 spiro atoms. The smallest absolute Gasteiger partial charge is 0.329 e. The van der Waals surface area contributed by atoms with Gasteiger partial charge in [-0.3, -0.25) is 13.9 Å². The van der Waals surface area contributed by atoms with Crippen molar-refractivity contribution >= 4 is 16.9 Å². The van der Waals surface area contributed by atoms with Gasteiger partial charge in [-0.2, -0.15) is 0 Å². The van der Waals surface area contributed by atoms with Gasteiger partial charge in [-0.05, 0) is 36.0 Å². The highest BCUT2D eigenvalue weighted by molar-refractivity contribution is 5.86. The minimum absolute atomic E-state index is 0.0198. The lowest BCUT2D eigenvalue weighted by Gasteiger charge is -2.25. The maximum atomic E-state index is 12.7. The maximum Gasteiger partial charge on any atom is 0.329 e. The number of carbonyl (C=O) groups excluding carboxylic acids is 1. The number of allylic oxidation sites excluding steroid dienone is 1. The molecule has 1 aliphatic heterocycles. The molecule has 2 aromatic rings. The first kappa shape index (κ1) is 15.6. The molecular formula is C18H23N3O2. The fourth-order valence-electron chi connectivity index (χ4n) is 3.14. The fourth-order valence-corrected chi connectivity index (χ4v) is 3.14. The summed E-state index contributed by atoms with van der Waals surface area (Å²) in [5.41, 5.74) is 3.35. The number of aromatic nitrogens is 2. The van der Waals surface area contributed by atoms with Crippen molar-refractivity contribution in [3.63, 3.8) is 0 Å². The Morgan fingerprint density at radius 3 is 2.52 bits per heavy atom. The highest BCUT2D eigenvalue weighted by atomic mass is 16.2. The van der Waals surface area contributed by atoms with Crippen LogP contribution in [0.15, 0.2) is 35.3 Å². The van der Waals surface area contributed by atoms with Crippen molar-refractivity contribution in [2.45, 2.75) is 45.1 Å². The molecule has 0 radical (unpaired) electrons. The molecular weight excluding hydrogens is 290 g/mol. The second-order valence-electron chi connectivity index (χ2n) is 7.31. The molecule has 5 nitrogen and oxygen atoms in total. The van der Waals surface area contributed by atoms with Gasteiger partial charge in [-0.1, -0.05) is 33.4 Å². The van der Waals surface area contributed by atoms with E-state index in [0.717, 1.165) is 22.3 Å². The topological polar surface area (TPSA) is 56.0 Å². The van der Waals surface area contributed by atoms with Crippen LogP contribution in [0.3, 0.4) is 0 Å². The highest BCUT2D eigenvalue weighted by Crippen LogP contribution is 2.29. The molecule has 1 unspecified atom stereocenters. The lowest BCUT2D eigenvalue weighted by Crippen LogP contribution is -2.40. The summed E-state index contributed by atoms with van der Waals surface area (Å²) in [7, 11) is 1.75. The lowest BCUT2D eigenvalue weighted by molar-refractivity contribution is -0.124. The Balaban J connectivity index is 2.23. The van der Waals surface area contributed by atoms with Gasteiger partial charge < -0.3 is 5.32 Å². The van der Waals surface area contributed by atoms with E-state index in [1.807, 2.05) is 12.1 Å². The van der Waals surface area contributed by atoms with Crippen molar-refractivity contribution in [1.29, 1.82) is 0 Å². The highest BCUT2D eigenvalue weighted by Gasteiger charge is 2.29. The molecule has 1 fully saturated rings. The van der Waals surface area contributed by atoms with Gasteiger partial charge in [0.1, 0.15) is 6.04 Å². The van der Waals surface area contributed by atoms with E-state index in [0.29, 0.717) is 12.8 Å². The number of piperidine rings is 1. The van der Waals surface area contributed by atoms with E-state index < -0.39 is 6.04 Å². The van der Waals surface area contributed by atoms with E-state index in [9.17, 15) is 9.59 Å². The largest absolute Gasteiger partial charge is 0.329 e. The molecule has 0 aliphatic carbocycles. The molecule has 1 aromatic heterocycles. The van der Waals surface area contributed by atoms with Crippen LogP contribution in [0.4, 0.5) is 0 Å². The molecule has 1 amide bonds. The minimum Gasteiger partial charge on any atom is -0.329 e. The van der Waals surface area contributed by atoms with Crippen molar-refractivity contribution in [2.24, 2.45) is 7.05 Å². The summed E-state index contributed by atoms with van der Waals surface area (Å²) in [6.07, 6.45) is 1.29. The molecule has 1 aliphatic rings. The second kappa shape index (κ2) is 5.11. The van der Waals surface area contributed by atoms with E-state index in [4.69, 9.17) is 0 Å². The molecule has 1 atom stereocenters. The van der Waals surface area contributed by atoms with Crippen molar-refractivity contribution in [3.05, 3.63) is 46.5 Å². The number of carbonyl (C=O) groups is 1. The summed E-state index contributed by atoms with van der Waals surface area (Å²) < 4.78 is 3.24. The summed E-state index contributed by atoms with van der Waals surface area (Å²) in [4.78, 5) is 25.1. The van der Waals surface area contributed by atoms with E-state index >= 15 is 0 Å². The number of rotatable bonds is 1. The number of hydrogen-bond acceptors (Lipinski definition) is 2. The van der Waals surface area contributed by atoms with Crippen molar-refractivity contribution in [1.82, 2.24) is 14.5 Å². The Hall–Kier alpha value is -2.30. The average molecular weight is 313 g/mol. The number of nitrogens with one attached hydrogen (secondary N) is 1. The molecule has 23 heavy (non-hydrogen) atoms. The predicted octanol–water partition coefficient (Wildman–Crippen LogP) is 2.60. The zero-order valence-electron chi connectivity index (χ0n) is 14.1. The van der Waals surface area contributed by atoms with Crippen molar-refractivity contribution in [3.8, 4) is 0 Å². The van der Waals surface area contributed by atoms with Crippen LogP contribution in [0, 0.1) is 0 Å². The number of nitrogens with zero attached hydrogens (tertiary/aromatic N) is 2. The van der Waals surface area contributed by atoms with Gasteiger partial charge in [0, 0.05) is 12.7 Å². The number of amides is 1. The SMILES string of the molecule is C=C1CCC(n2c(=O)n(C)c3ccc(C(C)(C)C)cc32)C(=O)N1. The third kappa shape index (κ3) is 2.50. The quantitative estimate of drug-likeness (QED) is 0.880. The van der Waals surface area contributed by atoms with Gasteiger partial charge in [-0.25, -0.2) is 4.79 Å². The van der Waals surface area contributed by atoms with Crippen LogP contribution >= 0.6 is 0 Å². The van der Waals surface area contributed by atoms with E-state index in [2.05, 4.69) is 38.7 Å². The van der Waals surface area contributed by atoms with Gasteiger partial charge in [0.15, 0.2) is 0 Å². The first-order chi connectivity index (χ1) is 10.7. The summed E-state index contributed by atoms with van der Waals surface area (Å²) in [5, 5.41) is 2.77. The molecule has 2 heterocycles. The average Bonchev–Trinajstić information content (AvgIpc) is 2.71. The zero-order valence-corrected chi connectivity index (χ0v) is 14.1. The Bertz CT molecular complexity index is 865. The van der Waals surface area contributed by atoms with Gasteiger partial charge in [0.05, 0.1) is 11.0 Å². The van der Waals surface area contributed by atoms with Gasteiger partial charge >= 0.3 is 5.69 Å². The molecule has 5 heteroatoms. The summed E-state index contributed by atoms with van der Waals surface area (Å²) in [5.74, 6) is -0.156. The molecule has 1 aromatic carbocycles. The van der Waals surface area contributed by atoms with E-state index in [1.54, 1.807) is 16.2 Å². The van der Waals surface area contributed by atoms with Gasteiger partial charge in [0.2, 0.25) is 5.91 Å². The predicted molar refractivity (Wildman–Crippen MR) is 91.4 cm³/mol. The summed E-state index contributed by atoms with van der Waals surface area (Å²) >= 11 is 0. The minimum atomic E-state index is -0.480. The van der Waals surface area contributed by atoms with Crippen LogP contribution in [0.2, 0.25) is 0 Å². The third-order valence-electron chi connectivity index (χ3n) is 4.59. The number of benzene rings is 1. The van der Waals surface area contributed by atoms with Crippen LogP contribution in [0.1, 0.15) is 45.2 Å². The zero-order chi connectivity index (χ0) is 16.9. The number of imidazole rings is 1. The van der Waals surface area contributed by atoms with Crippen molar-refractivity contribution in [2.75, 3.05) is 0 Å². The Kier molecular flexibility index (Phi) is 3.47. The van der Waals surface area contributed by atoms with Crippen LogP contribution < -0.4 is 11.0 Å². The second-order valence-corrected chi connectivity index (χ2v) is 7.31. The molecule has 0 bridgehead atoms. The Labute approximate surface area is 135 Å². The Morgan fingerprint density at radius 1 is 1.22 bits per heavy atom. The van der Waals surface area contributed by atoms with Crippen LogP contribution in [-0.4, -0.2) is 15.0 Å². The van der Waals surface area contributed by atoms with Crippen LogP contribution in [-0.2, 0) is 17.3 Å². The normalized spacial score (nSPS) is 19.2. The monoisotopic (exact) mass is 313 g/mol. The van der Waals surface area contributed by atoms with Crippen molar-refractivity contribution < 1.29 is 4.79 Å². The summed E-state index contributed by atoms with van der Waals surface area (Å²) in [6, 6.07) is 5.57. The number of aryl methyl sites for hydroxylation is 1. The van der Waals surface area contributed by atoms with Gasteiger partial charge in [-0.15, -0.1) is 0 Å². The van der Waals surface area contributed by atoms with Gasteiger partial charge in [0.25, 0.3) is 0 Å². The molecule has 3 rings (SSSR count). The van der Waals surface area contributed by atoms with E-state index in [1.165, 1.54) is 0 Å². The summed E-state index contributed by atoms with van der Waals surface area (Å²) in [6.45, 7) is 10.2. The first-order valence-electron chi connectivity index (χ1n) is 7.90. The first-order valence-corrected chi connectivity index (χ1v) is 7.90. The number of hydrogen-bond donors (Lipinski definition) is 1. The standard InChI is InChI=1S/C18H23N3O2/c1-11-6-8-14(16(22)19-11)21-15-10-12(18(2,3)4)7-9-13(15)20(5)17(21)23/h7,9-10,14H,1,6,8H2,2-5H3,(H,19,22). The lowest BCUT2D eigenvalue weighted by atomic mass is 9.87. The molecule has 1 N–H and O–H groups in total. The Morgan fingerprint density at radius 2 is 1.91 bits per heavy atom. The van der Waals surface area contributed by atoms with Crippen LogP contribution in [0.25, 0.3) is 11.0 Å². The molecule has 0 saturated carbocycles. The maximum absolute atomic E-state index is 12.7.